The first-order chi connectivity index (χ1) is 10.4. The number of primary sulfonamides is 1. The molecule has 3 aliphatic heterocycles. The highest BCUT2D eigenvalue weighted by Gasteiger charge is 2.62. The lowest BCUT2D eigenvalue weighted by Gasteiger charge is -2.19. The van der Waals surface area contributed by atoms with Crippen LogP contribution in [0.15, 0.2) is 29.2 Å². The summed E-state index contributed by atoms with van der Waals surface area (Å²) >= 11 is 0. The molecule has 4 atom stereocenters. The van der Waals surface area contributed by atoms with Gasteiger partial charge in [0.25, 0.3) is 0 Å². The Labute approximate surface area is 127 Å². The maximum Gasteiger partial charge on any atom is 0.240 e. The Morgan fingerprint density at radius 2 is 1.59 bits per heavy atom. The molecule has 3 saturated heterocycles. The third kappa shape index (κ3) is 1.71. The van der Waals surface area contributed by atoms with Crippen molar-refractivity contribution in [1.82, 2.24) is 0 Å². The van der Waals surface area contributed by atoms with Gasteiger partial charge in [-0.1, -0.05) is 12.1 Å². The number of carbonyl (C=O) groups excluding carboxylic acids is 2. The molecule has 0 aliphatic carbocycles. The Hall–Kier alpha value is -1.77. The minimum atomic E-state index is -4.03. The van der Waals surface area contributed by atoms with Crippen molar-refractivity contribution in [3.63, 3.8) is 0 Å². The monoisotopic (exact) mass is 322 g/mol. The number of ether oxygens (including phenoxy) is 1. The van der Waals surface area contributed by atoms with E-state index in [1.807, 2.05) is 0 Å². The van der Waals surface area contributed by atoms with Crippen LogP contribution in [-0.2, 0) is 24.3 Å². The summed E-state index contributed by atoms with van der Waals surface area (Å²) in [6.45, 7) is 0. The van der Waals surface area contributed by atoms with Crippen molar-refractivity contribution in [2.24, 2.45) is 17.0 Å². The molecule has 1 aromatic carbocycles. The number of sulfonamides is 1. The Kier molecular flexibility index (Phi) is 2.76. The Morgan fingerprint density at radius 1 is 1.05 bits per heavy atom. The van der Waals surface area contributed by atoms with Gasteiger partial charge in [-0.05, 0) is 25.0 Å². The molecule has 3 aliphatic rings. The van der Waals surface area contributed by atoms with E-state index in [0.29, 0.717) is 0 Å². The molecule has 2 amide bonds. The minimum Gasteiger partial charge on any atom is -0.373 e. The van der Waals surface area contributed by atoms with Crippen molar-refractivity contribution in [1.29, 1.82) is 0 Å². The summed E-state index contributed by atoms with van der Waals surface area (Å²) in [5.41, 5.74) is 0.0359. The predicted molar refractivity (Wildman–Crippen MR) is 75.2 cm³/mol. The summed E-state index contributed by atoms with van der Waals surface area (Å²) in [4.78, 5) is 26.1. The van der Waals surface area contributed by atoms with Crippen LogP contribution in [0, 0.1) is 11.8 Å². The normalized spacial score (nSPS) is 33.6. The van der Waals surface area contributed by atoms with E-state index in [1.165, 1.54) is 18.2 Å². The van der Waals surface area contributed by atoms with Crippen molar-refractivity contribution in [3.05, 3.63) is 24.3 Å². The summed E-state index contributed by atoms with van der Waals surface area (Å²) < 4.78 is 29.1. The number of nitrogens with zero attached hydrogens (tertiary/aromatic N) is 1. The molecule has 1 aromatic rings. The molecular weight excluding hydrogens is 308 g/mol. The zero-order valence-electron chi connectivity index (χ0n) is 11.5. The van der Waals surface area contributed by atoms with Crippen LogP contribution >= 0.6 is 0 Å². The van der Waals surface area contributed by atoms with Gasteiger partial charge in [-0.3, -0.25) is 9.59 Å². The van der Waals surface area contributed by atoms with Gasteiger partial charge >= 0.3 is 0 Å². The van der Waals surface area contributed by atoms with E-state index < -0.39 is 33.7 Å². The number of carbonyl (C=O) groups is 2. The first kappa shape index (κ1) is 13.9. The van der Waals surface area contributed by atoms with E-state index >= 15 is 0 Å². The number of rotatable bonds is 2. The lowest BCUT2D eigenvalue weighted by molar-refractivity contribution is -0.124. The molecule has 116 valence electrons. The molecule has 2 N–H and O–H groups in total. The van der Waals surface area contributed by atoms with E-state index in [9.17, 15) is 18.0 Å². The highest BCUT2D eigenvalue weighted by molar-refractivity contribution is 7.89. The van der Waals surface area contributed by atoms with Crippen LogP contribution in [0.3, 0.4) is 0 Å². The maximum atomic E-state index is 12.7. The van der Waals surface area contributed by atoms with Gasteiger partial charge in [0.2, 0.25) is 21.8 Å². The van der Waals surface area contributed by atoms with Crippen LogP contribution in [0.4, 0.5) is 5.69 Å². The van der Waals surface area contributed by atoms with E-state index in [4.69, 9.17) is 9.88 Å². The van der Waals surface area contributed by atoms with Gasteiger partial charge in [0, 0.05) is 0 Å². The number of para-hydroxylation sites is 1. The molecule has 3 heterocycles. The molecule has 0 aromatic heterocycles. The van der Waals surface area contributed by atoms with E-state index in [-0.39, 0.29) is 22.8 Å². The number of imide groups is 1. The quantitative estimate of drug-likeness (QED) is 0.771. The number of nitrogens with two attached hydrogens (primary N) is 1. The van der Waals surface area contributed by atoms with Gasteiger partial charge in [-0.2, -0.15) is 0 Å². The zero-order valence-corrected chi connectivity index (χ0v) is 12.3. The molecule has 0 radical (unpaired) electrons. The molecule has 8 heteroatoms. The molecule has 2 bridgehead atoms. The molecule has 3 fully saturated rings. The summed E-state index contributed by atoms with van der Waals surface area (Å²) in [5.74, 6) is -1.78. The largest absolute Gasteiger partial charge is 0.373 e. The molecule has 22 heavy (non-hydrogen) atoms. The fourth-order valence-electron chi connectivity index (χ4n) is 3.83. The third-order valence-electron chi connectivity index (χ3n) is 4.70. The highest BCUT2D eigenvalue weighted by Crippen LogP contribution is 2.49. The van der Waals surface area contributed by atoms with E-state index in [2.05, 4.69) is 0 Å². The van der Waals surface area contributed by atoms with Crippen molar-refractivity contribution in [2.45, 2.75) is 29.9 Å². The highest BCUT2D eigenvalue weighted by atomic mass is 32.2. The van der Waals surface area contributed by atoms with Crippen molar-refractivity contribution < 1.29 is 22.7 Å². The Balaban J connectivity index is 1.82. The van der Waals surface area contributed by atoms with Crippen LogP contribution in [0.25, 0.3) is 0 Å². The molecule has 0 saturated carbocycles. The number of hydrogen-bond acceptors (Lipinski definition) is 5. The van der Waals surface area contributed by atoms with Gasteiger partial charge in [-0.15, -0.1) is 0 Å². The summed E-state index contributed by atoms with van der Waals surface area (Å²) in [6, 6.07) is 5.80. The summed E-state index contributed by atoms with van der Waals surface area (Å²) in [7, 11) is -4.03. The van der Waals surface area contributed by atoms with Crippen LogP contribution in [0.5, 0.6) is 0 Å². The van der Waals surface area contributed by atoms with Gasteiger partial charge in [0.05, 0.1) is 29.7 Å². The Bertz CT molecular complexity index is 762. The second kappa shape index (κ2) is 4.37. The van der Waals surface area contributed by atoms with E-state index in [0.717, 1.165) is 17.7 Å². The van der Waals surface area contributed by atoms with Crippen molar-refractivity contribution >= 4 is 27.5 Å². The number of fused-ring (bicyclic) bond motifs is 5. The summed E-state index contributed by atoms with van der Waals surface area (Å²) in [6.07, 6.45) is 1.04. The predicted octanol–water partition coefficient (Wildman–Crippen LogP) is 0.000800. The average molecular weight is 322 g/mol. The fraction of sp³-hybridized carbons (Fsp3) is 0.429. The zero-order chi connectivity index (χ0) is 15.6. The number of anilines is 1. The van der Waals surface area contributed by atoms with Crippen LogP contribution in [0.1, 0.15) is 12.8 Å². The first-order valence-corrected chi connectivity index (χ1v) is 8.59. The number of benzene rings is 1. The van der Waals surface area contributed by atoms with Gasteiger partial charge in [-0.25, -0.2) is 18.5 Å². The van der Waals surface area contributed by atoms with Gasteiger partial charge < -0.3 is 4.74 Å². The van der Waals surface area contributed by atoms with E-state index in [1.54, 1.807) is 6.07 Å². The first-order valence-electron chi connectivity index (χ1n) is 7.04. The van der Waals surface area contributed by atoms with Gasteiger partial charge in [0.15, 0.2) is 0 Å². The number of amides is 2. The van der Waals surface area contributed by atoms with Gasteiger partial charge in [0.1, 0.15) is 4.90 Å². The standard InChI is InChI=1S/C14H14N2O5S/c15-22(19,20)10-4-2-1-3-7(10)16-13(17)11-8-5-6-9(21-8)12(11)14(16)18/h1-4,8-9,11-12H,5-6H2,(H2,15,19,20). The van der Waals surface area contributed by atoms with Crippen LogP contribution in [0.2, 0.25) is 0 Å². The second-order valence-corrected chi connectivity index (χ2v) is 7.40. The lowest BCUT2D eigenvalue weighted by atomic mass is 9.81. The summed E-state index contributed by atoms with van der Waals surface area (Å²) in [5, 5.41) is 5.20. The number of hydrogen-bond donors (Lipinski definition) is 1. The maximum absolute atomic E-state index is 12.7. The SMILES string of the molecule is NS(=O)(=O)c1ccccc1N1C(=O)C2C3CCC(O3)C2C1=O. The average Bonchev–Trinajstić information content (AvgIpc) is 3.12. The molecule has 7 nitrogen and oxygen atoms in total. The van der Waals surface area contributed by atoms with Crippen molar-refractivity contribution in [2.75, 3.05) is 4.90 Å². The van der Waals surface area contributed by atoms with Crippen LogP contribution in [-0.4, -0.2) is 32.4 Å². The third-order valence-corrected chi connectivity index (χ3v) is 5.66. The smallest absolute Gasteiger partial charge is 0.240 e. The fourth-order valence-corrected chi connectivity index (χ4v) is 4.55. The molecule has 4 unspecified atom stereocenters. The molecule has 0 spiro atoms. The van der Waals surface area contributed by atoms with Crippen molar-refractivity contribution in [3.8, 4) is 0 Å². The van der Waals surface area contributed by atoms with Crippen LogP contribution < -0.4 is 10.0 Å². The molecule has 4 rings (SSSR count). The second-order valence-electron chi connectivity index (χ2n) is 5.87. The molecular formula is C14H14N2O5S. The minimum absolute atomic E-state index is 0.0359. The topological polar surface area (TPSA) is 107 Å². The Morgan fingerprint density at radius 3 is 2.14 bits per heavy atom. The lowest BCUT2D eigenvalue weighted by Crippen LogP contribution is -2.35.